The molecule has 1 aromatic heterocycles. The van der Waals surface area contributed by atoms with Gasteiger partial charge in [-0.1, -0.05) is 0 Å². The van der Waals surface area contributed by atoms with Gasteiger partial charge in [0.15, 0.2) is 0 Å². The molecule has 0 spiro atoms. The van der Waals surface area contributed by atoms with Gasteiger partial charge in [-0.3, -0.25) is 0 Å². The number of nitrogens with zero attached hydrogens (tertiary/aromatic N) is 1. The topological polar surface area (TPSA) is 75.1 Å². The highest BCUT2D eigenvalue weighted by molar-refractivity contribution is 7.11. The van der Waals surface area contributed by atoms with Crippen molar-refractivity contribution in [2.45, 2.75) is 39.3 Å². The molecule has 0 saturated heterocycles. The predicted molar refractivity (Wildman–Crippen MR) is 67.8 cm³/mol. The SMILES string of the molecule is CC(NC(=O)OC(C)(C)C)c1csc(C=N)n1. The molecule has 0 aromatic carbocycles. The summed E-state index contributed by atoms with van der Waals surface area (Å²) in [5.41, 5.74) is 0.228. The van der Waals surface area contributed by atoms with Gasteiger partial charge in [-0.2, -0.15) is 0 Å². The normalized spacial score (nSPS) is 12.9. The average Bonchev–Trinajstić information content (AvgIpc) is 2.62. The number of nitrogens with one attached hydrogen (secondary N) is 2. The largest absolute Gasteiger partial charge is 0.444 e. The zero-order chi connectivity index (χ0) is 13.1. The fraction of sp³-hybridized carbons (Fsp3) is 0.545. The Morgan fingerprint density at radius 2 is 2.29 bits per heavy atom. The molecule has 0 radical (unpaired) electrons. The highest BCUT2D eigenvalue weighted by Gasteiger charge is 2.19. The van der Waals surface area contributed by atoms with Crippen LogP contribution in [0.1, 0.15) is 44.4 Å². The number of carbonyl (C=O) groups is 1. The third-order valence-electron chi connectivity index (χ3n) is 1.84. The number of amides is 1. The number of thiazole rings is 1. The van der Waals surface area contributed by atoms with E-state index in [4.69, 9.17) is 10.1 Å². The summed E-state index contributed by atoms with van der Waals surface area (Å²) in [5.74, 6) is 0. The number of ether oxygens (including phenoxy) is 1. The van der Waals surface area contributed by atoms with Crippen molar-refractivity contribution in [2.24, 2.45) is 0 Å². The van der Waals surface area contributed by atoms with Crippen LogP contribution in [0.3, 0.4) is 0 Å². The lowest BCUT2D eigenvalue weighted by molar-refractivity contribution is 0.0507. The molecule has 0 aliphatic rings. The first-order valence-corrected chi connectivity index (χ1v) is 6.15. The molecule has 1 aromatic rings. The minimum atomic E-state index is -0.508. The maximum Gasteiger partial charge on any atom is 0.408 e. The van der Waals surface area contributed by atoms with Crippen molar-refractivity contribution < 1.29 is 9.53 Å². The van der Waals surface area contributed by atoms with E-state index in [2.05, 4.69) is 10.3 Å². The maximum atomic E-state index is 11.5. The lowest BCUT2D eigenvalue weighted by Crippen LogP contribution is -2.34. The summed E-state index contributed by atoms with van der Waals surface area (Å²) in [5, 5.41) is 12.2. The molecule has 0 fully saturated rings. The van der Waals surface area contributed by atoms with Gasteiger partial charge in [0.1, 0.15) is 10.6 Å². The van der Waals surface area contributed by atoms with E-state index >= 15 is 0 Å². The van der Waals surface area contributed by atoms with Crippen molar-refractivity contribution >= 4 is 23.6 Å². The van der Waals surface area contributed by atoms with Gasteiger partial charge in [0.05, 0.1) is 18.0 Å². The minimum absolute atomic E-state index is 0.227. The molecule has 94 valence electrons. The number of alkyl carbamates (subject to hydrolysis) is 1. The van der Waals surface area contributed by atoms with Crippen LogP contribution < -0.4 is 5.32 Å². The molecule has 2 N–H and O–H groups in total. The first-order chi connectivity index (χ1) is 7.81. The Kier molecular flexibility index (Phi) is 4.22. The van der Waals surface area contributed by atoms with Crippen LogP contribution in [0.5, 0.6) is 0 Å². The van der Waals surface area contributed by atoms with Gasteiger partial charge >= 0.3 is 6.09 Å². The molecule has 0 aliphatic heterocycles. The Hall–Kier alpha value is -1.43. The Balaban J connectivity index is 2.57. The fourth-order valence-electron chi connectivity index (χ4n) is 1.12. The second kappa shape index (κ2) is 5.27. The van der Waals surface area contributed by atoms with Crippen LogP contribution in [0.25, 0.3) is 0 Å². The number of hydrogen-bond acceptors (Lipinski definition) is 5. The van der Waals surface area contributed by atoms with Crippen molar-refractivity contribution in [3.05, 3.63) is 16.1 Å². The number of hydrogen-bond donors (Lipinski definition) is 2. The van der Waals surface area contributed by atoms with E-state index in [1.165, 1.54) is 17.6 Å². The van der Waals surface area contributed by atoms with Crippen molar-refractivity contribution in [3.63, 3.8) is 0 Å². The van der Waals surface area contributed by atoms with Crippen LogP contribution in [-0.2, 0) is 4.74 Å². The second-order valence-electron chi connectivity index (χ2n) is 4.62. The Bertz CT molecular complexity index is 409. The maximum absolute atomic E-state index is 11.5. The standard InChI is InChI=1S/C11H17N3O2S/c1-7(8-6-17-9(5-12)14-8)13-10(15)16-11(2,3)4/h5-7,12H,1-4H3,(H,13,15). The minimum Gasteiger partial charge on any atom is -0.444 e. The molecular formula is C11H17N3O2S. The Labute approximate surface area is 105 Å². The number of rotatable bonds is 3. The molecule has 6 heteroatoms. The molecule has 1 atom stereocenters. The van der Waals surface area contributed by atoms with Crippen LogP contribution in [0.4, 0.5) is 4.79 Å². The van der Waals surface area contributed by atoms with Gasteiger partial charge in [0, 0.05) is 5.38 Å². The van der Waals surface area contributed by atoms with Crippen molar-refractivity contribution in [1.29, 1.82) is 5.41 Å². The smallest absolute Gasteiger partial charge is 0.408 e. The zero-order valence-corrected chi connectivity index (χ0v) is 11.2. The summed E-state index contributed by atoms with van der Waals surface area (Å²) in [6.45, 7) is 7.26. The predicted octanol–water partition coefficient (Wildman–Crippen LogP) is 2.73. The molecule has 1 unspecified atom stereocenters. The summed E-state index contributed by atoms with van der Waals surface area (Å²) >= 11 is 1.37. The third kappa shape index (κ3) is 4.52. The van der Waals surface area contributed by atoms with Crippen LogP contribution >= 0.6 is 11.3 Å². The lowest BCUT2D eigenvalue weighted by Gasteiger charge is -2.21. The van der Waals surface area contributed by atoms with Crippen molar-refractivity contribution in [2.75, 3.05) is 0 Å². The Morgan fingerprint density at radius 1 is 1.65 bits per heavy atom. The van der Waals surface area contributed by atoms with Crippen LogP contribution in [0.15, 0.2) is 5.38 Å². The van der Waals surface area contributed by atoms with Gasteiger partial charge in [0.25, 0.3) is 0 Å². The quantitative estimate of drug-likeness (QED) is 0.815. The molecule has 0 aliphatic carbocycles. The summed E-state index contributed by atoms with van der Waals surface area (Å²) < 4.78 is 5.14. The monoisotopic (exact) mass is 255 g/mol. The van der Waals surface area contributed by atoms with Crippen molar-refractivity contribution in [1.82, 2.24) is 10.3 Å². The van der Waals surface area contributed by atoms with Crippen molar-refractivity contribution in [3.8, 4) is 0 Å². The summed E-state index contributed by atoms with van der Waals surface area (Å²) in [7, 11) is 0. The summed E-state index contributed by atoms with van der Waals surface area (Å²) in [4.78, 5) is 15.7. The summed E-state index contributed by atoms with van der Waals surface area (Å²) in [6, 6.07) is -0.227. The molecule has 5 nitrogen and oxygen atoms in total. The zero-order valence-electron chi connectivity index (χ0n) is 10.4. The van der Waals surface area contributed by atoms with Gasteiger partial charge < -0.3 is 15.5 Å². The molecule has 1 heterocycles. The molecule has 0 saturated carbocycles. The Morgan fingerprint density at radius 3 is 2.76 bits per heavy atom. The van der Waals surface area contributed by atoms with E-state index in [0.717, 1.165) is 5.69 Å². The van der Waals surface area contributed by atoms with Gasteiger partial charge in [-0.05, 0) is 27.7 Å². The van der Waals surface area contributed by atoms with E-state index < -0.39 is 11.7 Å². The highest BCUT2D eigenvalue weighted by atomic mass is 32.1. The lowest BCUT2D eigenvalue weighted by atomic mass is 10.2. The molecule has 17 heavy (non-hydrogen) atoms. The molecular weight excluding hydrogens is 238 g/mol. The molecule has 0 bridgehead atoms. The van der Waals surface area contributed by atoms with Crippen LogP contribution in [0.2, 0.25) is 0 Å². The summed E-state index contributed by atoms with van der Waals surface area (Å²) in [6.07, 6.45) is 0.725. The van der Waals surface area contributed by atoms with Gasteiger partial charge in [0.2, 0.25) is 0 Å². The van der Waals surface area contributed by atoms with Crippen LogP contribution in [-0.4, -0.2) is 22.9 Å². The van der Waals surface area contributed by atoms with Gasteiger partial charge in [-0.25, -0.2) is 9.78 Å². The number of carbonyl (C=O) groups excluding carboxylic acids is 1. The number of aromatic nitrogens is 1. The first-order valence-electron chi connectivity index (χ1n) is 5.27. The van der Waals surface area contributed by atoms with E-state index in [-0.39, 0.29) is 6.04 Å². The molecule has 1 rings (SSSR count). The molecule has 1 amide bonds. The third-order valence-corrected chi connectivity index (χ3v) is 2.65. The van der Waals surface area contributed by atoms with E-state index in [0.29, 0.717) is 5.01 Å². The van der Waals surface area contributed by atoms with E-state index in [1.54, 1.807) is 0 Å². The van der Waals surface area contributed by atoms with Crippen LogP contribution in [0, 0.1) is 5.41 Å². The van der Waals surface area contributed by atoms with E-state index in [1.807, 2.05) is 33.1 Å². The highest BCUT2D eigenvalue weighted by Crippen LogP contribution is 2.16. The first kappa shape index (κ1) is 13.6. The van der Waals surface area contributed by atoms with Gasteiger partial charge in [-0.15, -0.1) is 11.3 Å². The second-order valence-corrected chi connectivity index (χ2v) is 5.51. The van der Waals surface area contributed by atoms with E-state index in [9.17, 15) is 4.79 Å². The average molecular weight is 255 g/mol. The fourth-order valence-corrected chi connectivity index (χ4v) is 1.85.